The summed E-state index contributed by atoms with van der Waals surface area (Å²) in [6, 6.07) is 9.52. The van der Waals surface area contributed by atoms with Gasteiger partial charge in [0.1, 0.15) is 11.5 Å². The van der Waals surface area contributed by atoms with Gasteiger partial charge in [0.25, 0.3) is 9.84 Å². The summed E-state index contributed by atoms with van der Waals surface area (Å²) in [7, 11) is -5.65. The molecule has 0 aliphatic rings. The average Bonchev–Trinajstić information content (AvgIpc) is 2.80. The molecule has 0 aliphatic carbocycles. The van der Waals surface area contributed by atoms with Gasteiger partial charge < -0.3 is 25.8 Å². The average molecular weight is 559 g/mol. The maximum atomic E-state index is 12.8. The van der Waals surface area contributed by atoms with E-state index in [-0.39, 0.29) is 33.6 Å². The van der Waals surface area contributed by atoms with Gasteiger partial charge >= 0.3 is 23.6 Å². The summed E-state index contributed by atoms with van der Waals surface area (Å²) < 4.78 is 71.4. The number of urea groups is 1. The lowest BCUT2D eigenvalue weighted by molar-refractivity contribution is -0.0436. The number of amides is 3. The van der Waals surface area contributed by atoms with Crippen molar-refractivity contribution in [3.63, 3.8) is 0 Å². The molecule has 3 rings (SSSR count). The summed E-state index contributed by atoms with van der Waals surface area (Å²) in [6.45, 7) is 0. The van der Waals surface area contributed by atoms with E-state index in [1.165, 1.54) is 42.6 Å². The molecule has 3 aromatic rings. The van der Waals surface area contributed by atoms with Crippen molar-refractivity contribution < 1.29 is 45.4 Å². The zero-order valence-electron chi connectivity index (χ0n) is 18.1. The highest BCUT2D eigenvalue weighted by molar-refractivity contribution is 7.92. The van der Waals surface area contributed by atoms with Crippen LogP contribution in [0.4, 0.5) is 34.1 Å². The van der Waals surface area contributed by atoms with Crippen LogP contribution in [0.1, 0.15) is 10.5 Å². The predicted octanol–water partition coefficient (Wildman–Crippen LogP) is 4.70. The lowest BCUT2D eigenvalue weighted by atomic mass is 10.3. The Kier molecular flexibility index (Phi) is 7.88. The first-order valence-corrected chi connectivity index (χ1v) is 11.6. The number of hydrogen-bond acceptors (Lipinski definition) is 8. The molecule has 0 bridgehead atoms. The van der Waals surface area contributed by atoms with Crippen LogP contribution in [0, 0.1) is 0 Å². The Morgan fingerprint density at radius 2 is 1.62 bits per heavy atom. The molecule has 11 nitrogen and oxygen atoms in total. The number of pyridine rings is 1. The van der Waals surface area contributed by atoms with Gasteiger partial charge in [-0.25, -0.2) is 27.8 Å². The maximum Gasteiger partial charge on any atom is 0.501 e. The molecule has 0 radical (unpaired) electrons. The van der Waals surface area contributed by atoms with E-state index in [1.54, 1.807) is 0 Å². The second-order valence-corrected chi connectivity index (χ2v) is 9.23. The number of alkyl halides is 3. The van der Waals surface area contributed by atoms with Crippen LogP contribution in [0.3, 0.4) is 0 Å². The number of primary amides is 1. The molecule has 37 heavy (non-hydrogen) atoms. The molecule has 0 unspecified atom stereocenters. The Hall–Kier alpha value is -4.37. The Morgan fingerprint density at radius 1 is 0.946 bits per heavy atom. The third-order valence-corrected chi connectivity index (χ3v) is 6.10. The van der Waals surface area contributed by atoms with Gasteiger partial charge in [-0.2, -0.15) is 13.2 Å². The van der Waals surface area contributed by atoms with Gasteiger partial charge in [-0.15, -0.1) is 0 Å². The largest absolute Gasteiger partial charge is 0.501 e. The van der Waals surface area contributed by atoms with E-state index >= 15 is 0 Å². The van der Waals surface area contributed by atoms with Crippen molar-refractivity contribution in [1.29, 1.82) is 0 Å². The fraction of sp³-hybridized carbons (Fsp3) is 0.0476. The Morgan fingerprint density at radius 3 is 2.24 bits per heavy atom. The van der Waals surface area contributed by atoms with E-state index in [0.717, 1.165) is 6.07 Å². The van der Waals surface area contributed by atoms with E-state index in [9.17, 15) is 36.0 Å². The minimum absolute atomic E-state index is 0.160. The van der Waals surface area contributed by atoms with Crippen LogP contribution >= 0.6 is 11.6 Å². The number of rotatable bonds is 6. The van der Waals surface area contributed by atoms with E-state index in [1.807, 2.05) is 0 Å². The van der Waals surface area contributed by atoms with Crippen molar-refractivity contribution in [3.05, 3.63) is 71.5 Å². The molecule has 16 heteroatoms. The fourth-order valence-electron chi connectivity index (χ4n) is 2.66. The first kappa shape index (κ1) is 27.2. The van der Waals surface area contributed by atoms with Gasteiger partial charge in [-0.05, 0) is 48.5 Å². The number of nitrogens with two attached hydrogens (primary N) is 1. The molecule has 1 aromatic heterocycles. The third-order valence-electron chi connectivity index (χ3n) is 4.28. The van der Waals surface area contributed by atoms with Crippen molar-refractivity contribution in [2.75, 3.05) is 10.6 Å². The Balaban J connectivity index is 1.66. The SMILES string of the molecule is NC(=O)OC(=O)c1cc(Oc2ccc(NC(=O)Nc3cc(S(=O)(=O)C(F)(F)F)ccc3Cl)cc2)ccn1. The highest BCUT2D eigenvalue weighted by Gasteiger charge is 2.47. The van der Waals surface area contributed by atoms with Crippen molar-refractivity contribution >= 4 is 50.9 Å². The number of anilines is 2. The number of carbonyl (C=O) groups excluding carboxylic acids is 3. The molecule has 194 valence electrons. The number of nitrogens with zero attached hydrogens (tertiary/aromatic N) is 1. The third kappa shape index (κ3) is 6.86. The summed E-state index contributed by atoms with van der Waals surface area (Å²) in [5.41, 5.74) is -1.13. The number of benzene rings is 2. The monoisotopic (exact) mass is 558 g/mol. The molecule has 0 aliphatic heterocycles. The molecule has 1 heterocycles. The zero-order chi connectivity index (χ0) is 27.4. The first-order chi connectivity index (χ1) is 17.3. The molecule has 0 saturated heterocycles. The molecule has 0 fully saturated rings. The zero-order valence-corrected chi connectivity index (χ0v) is 19.6. The van der Waals surface area contributed by atoms with Crippen molar-refractivity contribution in [2.24, 2.45) is 5.73 Å². The van der Waals surface area contributed by atoms with Gasteiger partial charge in [-0.3, -0.25) is 0 Å². The quantitative estimate of drug-likeness (QED) is 0.289. The number of carbonyl (C=O) groups is 3. The van der Waals surface area contributed by atoms with Gasteiger partial charge in [0.2, 0.25) is 0 Å². The fourth-order valence-corrected chi connectivity index (χ4v) is 3.61. The van der Waals surface area contributed by atoms with Gasteiger partial charge in [-0.1, -0.05) is 11.6 Å². The topological polar surface area (TPSA) is 167 Å². The molecule has 2 aromatic carbocycles. The van der Waals surface area contributed by atoms with Crippen molar-refractivity contribution in [2.45, 2.75) is 10.4 Å². The highest BCUT2D eigenvalue weighted by Crippen LogP contribution is 2.34. The van der Waals surface area contributed by atoms with Crippen LogP contribution in [-0.4, -0.2) is 37.0 Å². The van der Waals surface area contributed by atoms with E-state index < -0.39 is 38.3 Å². The van der Waals surface area contributed by atoms with Crippen LogP contribution in [-0.2, 0) is 14.6 Å². The smallest absolute Gasteiger partial charge is 0.457 e. The predicted molar refractivity (Wildman–Crippen MR) is 123 cm³/mol. The van der Waals surface area contributed by atoms with Gasteiger partial charge in [0, 0.05) is 18.0 Å². The maximum absolute atomic E-state index is 12.8. The number of nitrogens with one attached hydrogen (secondary N) is 2. The summed E-state index contributed by atoms with van der Waals surface area (Å²) in [6.07, 6.45) is -0.0701. The Bertz CT molecular complexity index is 1470. The number of aromatic nitrogens is 1. The molecular formula is C21H14ClF3N4O7S. The minimum Gasteiger partial charge on any atom is -0.457 e. The van der Waals surface area contributed by atoms with Crippen LogP contribution in [0.25, 0.3) is 0 Å². The van der Waals surface area contributed by atoms with Gasteiger partial charge in [0.15, 0.2) is 5.69 Å². The molecule has 0 spiro atoms. The van der Waals surface area contributed by atoms with E-state index in [4.69, 9.17) is 22.1 Å². The second kappa shape index (κ2) is 10.7. The van der Waals surface area contributed by atoms with Crippen LogP contribution < -0.4 is 21.1 Å². The lowest BCUT2D eigenvalue weighted by Crippen LogP contribution is -2.24. The Labute approximate surface area is 211 Å². The molecule has 3 amide bonds. The van der Waals surface area contributed by atoms with Crippen LogP contribution in [0.5, 0.6) is 11.5 Å². The number of ether oxygens (including phenoxy) is 2. The molecular weight excluding hydrogens is 545 g/mol. The van der Waals surface area contributed by atoms with E-state index in [0.29, 0.717) is 12.1 Å². The molecule has 4 N–H and O–H groups in total. The number of halogens is 4. The van der Waals surface area contributed by atoms with E-state index in [2.05, 4.69) is 20.4 Å². The second-order valence-electron chi connectivity index (χ2n) is 6.88. The normalized spacial score (nSPS) is 11.4. The summed E-state index contributed by atoms with van der Waals surface area (Å²) in [5, 5.41) is 4.37. The number of sulfone groups is 1. The molecule has 0 atom stereocenters. The van der Waals surface area contributed by atoms with Crippen molar-refractivity contribution in [1.82, 2.24) is 4.98 Å². The van der Waals surface area contributed by atoms with Crippen LogP contribution in [0.15, 0.2) is 65.7 Å². The van der Waals surface area contributed by atoms with Gasteiger partial charge in [0.05, 0.1) is 15.6 Å². The number of hydrogen-bond donors (Lipinski definition) is 3. The minimum atomic E-state index is -5.65. The number of esters is 1. The standard InChI is InChI=1S/C21H14ClF3N4O7S/c22-15-6-5-14(37(33,34)21(23,24)25)10-16(15)29-20(32)28-11-1-3-12(4-2-11)35-13-7-8-27-17(9-13)18(30)36-19(26)31/h1-10H,(H2,26,31)(H2,28,29,32). The van der Waals surface area contributed by atoms with Crippen LogP contribution in [0.2, 0.25) is 5.02 Å². The lowest BCUT2D eigenvalue weighted by Gasteiger charge is -2.13. The van der Waals surface area contributed by atoms with Crippen molar-refractivity contribution in [3.8, 4) is 11.5 Å². The molecule has 0 saturated carbocycles. The highest BCUT2D eigenvalue weighted by atomic mass is 35.5. The first-order valence-electron chi connectivity index (χ1n) is 9.71. The summed E-state index contributed by atoms with van der Waals surface area (Å²) in [4.78, 5) is 37.3. The summed E-state index contributed by atoms with van der Waals surface area (Å²) in [5.74, 6) is -0.655. The summed E-state index contributed by atoms with van der Waals surface area (Å²) >= 11 is 5.87.